The van der Waals surface area contributed by atoms with Gasteiger partial charge >= 0.3 is 0 Å². The Labute approximate surface area is 141 Å². The fourth-order valence-electron chi connectivity index (χ4n) is 2.78. The highest BCUT2D eigenvalue weighted by atomic mass is 16.2. The highest BCUT2D eigenvalue weighted by molar-refractivity contribution is 6.13. The molecule has 1 aliphatic carbocycles. The minimum atomic E-state index is -0.929. The Morgan fingerprint density at radius 3 is 2.25 bits per heavy atom. The molecule has 1 heterocycles. The van der Waals surface area contributed by atoms with Crippen LogP contribution in [0.5, 0.6) is 0 Å². The van der Waals surface area contributed by atoms with E-state index in [0.29, 0.717) is 19.4 Å². The standard InChI is InChI=1S/C19H21N3O2/c1-13-4-3-5-14(2)16(13)22-18(24)19(8-9-19)17(23)21-12-15-6-10-20-11-7-15/h3-7,10-11H,8-9,12H2,1-2H3,(H,21,23)(H,22,24). The van der Waals surface area contributed by atoms with Crippen LogP contribution in [0.4, 0.5) is 5.69 Å². The molecule has 0 bridgehead atoms. The summed E-state index contributed by atoms with van der Waals surface area (Å²) in [6, 6.07) is 9.54. The minimum Gasteiger partial charge on any atom is -0.351 e. The van der Waals surface area contributed by atoms with Gasteiger partial charge in [-0.1, -0.05) is 18.2 Å². The molecule has 2 amide bonds. The van der Waals surface area contributed by atoms with Gasteiger partial charge in [0, 0.05) is 24.6 Å². The second-order valence-electron chi connectivity index (χ2n) is 6.34. The van der Waals surface area contributed by atoms with Crippen LogP contribution in [0.15, 0.2) is 42.7 Å². The summed E-state index contributed by atoms with van der Waals surface area (Å²) in [5.74, 6) is -0.421. The molecule has 1 aromatic heterocycles. The Bertz CT molecular complexity index is 747. The Morgan fingerprint density at radius 1 is 1.04 bits per heavy atom. The molecule has 5 heteroatoms. The maximum Gasteiger partial charge on any atom is 0.240 e. The topological polar surface area (TPSA) is 71.1 Å². The third-order valence-electron chi connectivity index (χ3n) is 4.54. The molecule has 0 unspecified atom stereocenters. The molecule has 124 valence electrons. The predicted molar refractivity (Wildman–Crippen MR) is 92.3 cm³/mol. The minimum absolute atomic E-state index is 0.206. The van der Waals surface area contributed by atoms with Crippen molar-refractivity contribution in [1.29, 1.82) is 0 Å². The van der Waals surface area contributed by atoms with Crippen LogP contribution in [0, 0.1) is 19.3 Å². The smallest absolute Gasteiger partial charge is 0.240 e. The summed E-state index contributed by atoms with van der Waals surface area (Å²) in [5, 5.41) is 5.82. The van der Waals surface area contributed by atoms with Gasteiger partial charge in [-0.2, -0.15) is 0 Å². The normalized spacial score (nSPS) is 14.8. The molecule has 0 radical (unpaired) electrons. The lowest BCUT2D eigenvalue weighted by molar-refractivity contribution is -0.134. The molecule has 5 nitrogen and oxygen atoms in total. The molecular weight excluding hydrogens is 302 g/mol. The van der Waals surface area contributed by atoms with Crippen molar-refractivity contribution in [2.24, 2.45) is 5.41 Å². The van der Waals surface area contributed by atoms with Crippen LogP contribution >= 0.6 is 0 Å². The van der Waals surface area contributed by atoms with Gasteiger partial charge in [0.15, 0.2) is 0 Å². The summed E-state index contributed by atoms with van der Waals surface area (Å²) >= 11 is 0. The number of carbonyl (C=O) groups is 2. The van der Waals surface area contributed by atoms with Crippen LogP contribution in [0.25, 0.3) is 0 Å². The molecule has 0 aliphatic heterocycles. The summed E-state index contributed by atoms with van der Waals surface area (Å²) in [4.78, 5) is 29.1. The third-order valence-corrected chi connectivity index (χ3v) is 4.54. The van der Waals surface area contributed by atoms with Crippen molar-refractivity contribution >= 4 is 17.5 Å². The fourth-order valence-corrected chi connectivity index (χ4v) is 2.78. The molecule has 2 aromatic rings. The quantitative estimate of drug-likeness (QED) is 0.831. The van der Waals surface area contributed by atoms with E-state index in [2.05, 4.69) is 15.6 Å². The van der Waals surface area contributed by atoms with Crippen LogP contribution in [-0.4, -0.2) is 16.8 Å². The SMILES string of the molecule is Cc1cccc(C)c1NC(=O)C1(C(=O)NCc2ccncc2)CC1. The largest absolute Gasteiger partial charge is 0.351 e. The average Bonchev–Trinajstić information content (AvgIpc) is 3.39. The first-order chi connectivity index (χ1) is 11.5. The predicted octanol–water partition coefficient (Wildman–Crippen LogP) is 2.73. The van der Waals surface area contributed by atoms with Crippen LogP contribution < -0.4 is 10.6 Å². The average molecular weight is 323 g/mol. The van der Waals surface area contributed by atoms with Gasteiger partial charge in [0.1, 0.15) is 5.41 Å². The van der Waals surface area contributed by atoms with Gasteiger partial charge in [-0.05, 0) is 55.5 Å². The van der Waals surface area contributed by atoms with Crippen molar-refractivity contribution < 1.29 is 9.59 Å². The summed E-state index contributed by atoms with van der Waals surface area (Å²) in [5.41, 5.74) is 2.83. The molecule has 1 fully saturated rings. The monoisotopic (exact) mass is 323 g/mol. The van der Waals surface area contributed by atoms with E-state index < -0.39 is 5.41 Å². The number of rotatable bonds is 5. The number of nitrogens with one attached hydrogen (secondary N) is 2. The van der Waals surface area contributed by atoms with Crippen molar-refractivity contribution in [3.05, 3.63) is 59.4 Å². The molecule has 2 N–H and O–H groups in total. The third kappa shape index (κ3) is 3.15. The number of hydrogen-bond donors (Lipinski definition) is 2. The lowest BCUT2D eigenvalue weighted by Gasteiger charge is -2.17. The Hall–Kier alpha value is -2.69. The van der Waals surface area contributed by atoms with Gasteiger partial charge in [0.05, 0.1) is 0 Å². The zero-order chi connectivity index (χ0) is 17.2. The van der Waals surface area contributed by atoms with Gasteiger partial charge in [-0.3, -0.25) is 14.6 Å². The van der Waals surface area contributed by atoms with Crippen LogP contribution in [0.3, 0.4) is 0 Å². The van der Waals surface area contributed by atoms with E-state index in [1.54, 1.807) is 12.4 Å². The maximum absolute atomic E-state index is 12.7. The Kier molecular flexibility index (Phi) is 4.34. The first kappa shape index (κ1) is 16.2. The van der Waals surface area contributed by atoms with Crippen molar-refractivity contribution in [3.8, 4) is 0 Å². The number of anilines is 1. The molecule has 0 atom stereocenters. The molecule has 1 aromatic carbocycles. The molecule has 24 heavy (non-hydrogen) atoms. The molecular formula is C19H21N3O2. The van der Waals surface area contributed by atoms with E-state index in [0.717, 1.165) is 22.4 Å². The lowest BCUT2D eigenvalue weighted by atomic mass is 10.0. The highest BCUT2D eigenvalue weighted by Gasteiger charge is 2.56. The number of hydrogen-bond acceptors (Lipinski definition) is 3. The number of nitrogens with zero attached hydrogens (tertiary/aromatic N) is 1. The Morgan fingerprint density at radius 2 is 1.67 bits per heavy atom. The van der Waals surface area contributed by atoms with E-state index in [-0.39, 0.29) is 11.8 Å². The lowest BCUT2D eigenvalue weighted by Crippen LogP contribution is -2.39. The number of pyridine rings is 1. The summed E-state index contributed by atoms with van der Waals surface area (Å²) < 4.78 is 0. The molecule has 1 aliphatic rings. The van der Waals surface area contributed by atoms with Crippen molar-refractivity contribution in [1.82, 2.24) is 10.3 Å². The summed E-state index contributed by atoms with van der Waals surface area (Å²) in [7, 11) is 0. The zero-order valence-corrected chi connectivity index (χ0v) is 13.9. The van der Waals surface area contributed by atoms with Gasteiger partial charge in [-0.15, -0.1) is 0 Å². The van der Waals surface area contributed by atoms with Gasteiger partial charge in [-0.25, -0.2) is 0 Å². The molecule has 1 saturated carbocycles. The van der Waals surface area contributed by atoms with E-state index >= 15 is 0 Å². The summed E-state index contributed by atoms with van der Waals surface area (Å²) in [6.45, 7) is 4.30. The van der Waals surface area contributed by atoms with E-state index in [9.17, 15) is 9.59 Å². The molecule has 0 spiro atoms. The van der Waals surface area contributed by atoms with Crippen molar-refractivity contribution in [3.63, 3.8) is 0 Å². The maximum atomic E-state index is 12.7. The van der Waals surface area contributed by atoms with Crippen LogP contribution in [0.2, 0.25) is 0 Å². The van der Waals surface area contributed by atoms with E-state index in [4.69, 9.17) is 0 Å². The number of aryl methyl sites for hydroxylation is 2. The summed E-state index contributed by atoms with van der Waals surface area (Å²) in [6.07, 6.45) is 4.54. The van der Waals surface area contributed by atoms with Gasteiger partial charge in [0.25, 0.3) is 0 Å². The number of aromatic nitrogens is 1. The van der Waals surface area contributed by atoms with Gasteiger partial charge in [0.2, 0.25) is 11.8 Å². The van der Waals surface area contributed by atoms with E-state index in [1.165, 1.54) is 0 Å². The molecule has 3 rings (SSSR count). The second-order valence-corrected chi connectivity index (χ2v) is 6.34. The second kappa shape index (κ2) is 6.43. The molecule has 0 saturated heterocycles. The number of carbonyl (C=O) groups excluding carboxylic acids is 2. The number of para-hydroxylation sites is 1. The van der Waals surface area contributed by atoms with Crippen LogP contribution in [-0.2, 0) is 16.1 Å². The van der Waals surface area contributed by atoms with Crippen LogP contribution in [0.1, 0.15) is 29.5 Å². The van der Waals surface area contributed by atoms with Crippen molar-refractivity contribution in [2.45, 2.75) is 33.2 Å². The fraction of sp³-hybridized carbons (Fsp3) is 0.316. The van der Waals surface area contributed by atoms with Crippen molar-refractivity contribution in [2.75, 3.05) is 5.32 Å². The number of amides is 2. The first-order valence-electron chi connectivity index (χ1n) is 8.08. The van der Waals surface area contributed by atoms with Gasteiger partial charge < -0.3 is 10.6 Å². The zero-order valence-electron chi connectivity index (χ0n) is 13.9. The number of benzene rings is 1. The first-order valence-corrected chi connectivity index (χ1v) is 8.08. The van der Waals surface area contributed by atoms with E-state index in [1.807, 2.05) is 44.2 Å². The Balaban J connectivity index is 1.67. The highest BCUT2D eigenvalue weighted by Crippen LogP contribution is 2.47.